The van der Waals surface area contributed by atoms with Crippen molar-refractivity contribution in [3.8, 4) is 0 Å². The van der Waals surface area contributed by atoms with Crippen LogP contribution in [0.3, 0.4) is 0 Å². The first-order valence-corrected chi connectivity index (χ1v) is 4.87. The number of piperidine rings is 1. The monoisotopic (exact) mass is 192 g/mol. The zero-order valence-corrected chi connectivity index (χ0v) is 7.66. The van der Waals surface area contributed by atoms with Crippen LogP contribution in [0.5, 0.6) is 0 Å². The first kappa shape index (κ1) is 7.99. The van der Waals surface area contributed by atoms with Gasteiger partial charge in [0.1, 0.15) is 5.82 Å². The molecule has 1 aliphatic heterocycles. The minimum absolute atomic E-state index is 0.130. The molecule has 5 heteroatoms. The van der Waals surface area contributed by atoms with Crippen LogP contribution in [0.25, 0.3) is 0 Å². The van der Waals surface area contributed by atoms with Crippen LogP contribution in [0.1, 0.15) is 0 Å². The SMILES string of the molecule is O=C(Nc1ccn[nH]1)C1[C@H]2CNC[C@@H]12. The highest BCUT2D eigenvalue weighted by Crippen LogP contribution is 2.48. The van der Waals surface area contributed by atoms with Gasteiger partial charge in [-0.25, -0.2) is 0 Å². The van der Waals surface area contributed by atoms with Gasteiger partial charge in [-0.3, -0.25) is 9.89 Å². The number of carbonyl (C=O) groups excluding carboxylic acids is 1. The Morgan fingerprint density at radius 3 is 2.93 bits per heavy atom. The number of nitrogens with one attached hydrogen (secondary N) is 3. The molecule has 1 aliphatic carbocycles. The minimum atomic E-state index is 0.130. The largest absolute Gasteiger partial charge is 0.316 e. The molecule has 1 saturated carbocycles. The Kier molecular flexibility index (Phi) is 1.61. The van der Waals surface area contributed by atoms with E-state index in [1.54, 1.807) is 12.3 Å². The first-order valence-electron chi connectivity index (χ1n) is 4.87. The van der Waals surface area contributed by atoms with E-state index in [9.17, 15) is 4.79 Å². The van der Waals surface area contributed by atoms with Crippen LogP contribution in [-0.2, 0) is 4.79 Å². The van der Waals surface area contributed by atoms with Gasteiger partial charge in [0.2, 0.25) is 5.91 Å². The maximum Gasteiger partial charge on any atom is 0.229 e. The van der Waals surface area contributed by atoms with Crippen molar-refractivity contribution in [2.24, 2.45) is 17.8 Å². The number of H-pyrrole nitrogens is 1. The molecular weight excluding hydrogens is 180 g/mol. The molecule has 1 aromatic rings. The second-order valence-electron chi connectivity index (χ2n) is 3.97. The first-order chi connectivity index (χ1) is 6.86. The van der Waals surface area contributed by atoms with Gasteiger partial charge in [0, 0.05) is 12.0 Å². The van der Waals surface area contributed by atoms with E-state index in [-0.39, 0.29) is 11.8 Å². The number of rotatable bonds is 2. The van der Waals surface area contributed by atoms with E-state index in [4.69, 9.17) is 0 Å². The van der Waals surface area contributed by atoms with Gasteiger partial charge in [-0.15, -0.1) is 0 Å². The fraction of sp³-hybridized carbons (Fsp3) is 0.556. The summed E-state index contributed by atoms with van der Waals surface area (Å²) in [6.45, 7) is 1.98. The zero-order valence-electron chi connectivity index (χ0n) is 7.66. The van der Waals surface area contributed by atoms with Gasteiger partial charge >= 0.3 is 0 Å². The van der Waals surface area contributed by atoms with Crippen LogP contribution in [-0.4, -0.2) is 29.2 Å². The summed E-state index contributed by atoms with van der Waals surface area (Å²) >= 11 is 0. The Balaban J connectivity index is 1.62. The molecule has 0 radical (unpaired) electrons. The van der Waals surface area contributed by atoms with Gasteiger partial charge in [0.15, 0.2) is 0 Å². The van der Waals surface area contributed by atoms with Gasteiger partial charge in [0.05, 0.1) is 6.20 Å². The van der Waals surface area contributed by atoms with Crippen molar-refractivity contribution >= 4 is 11.7 Å². The van der Waals surface area contributed by atoms with E-state index in [2.05, 4.69) is 20.8 Å². The molecule has 74 valence electrons. The molecular formula is C9H12N4O. The lowest BCUT2D eigenvalue weighted by Gasteiger charge is -2.04. The Labute approximate surface area is 81.3 Å². The number of aromatic nitrogens is 2. The minimum Gasteiger partial charge on any atom is -0.316 e. The van der Waals surface area contributed by atoms with Gasteiger partial charge in [-0.1, -0.05) is 0 Å². The summed E-state index contributed by atoms with van der Waals surface area (Å²) < 4.78 is 0. The van der Waals surface area contributed by atoms with Crippen LogP contribution in [0.4, 0.5) is 5.82 Å². The highest BCUT2D eigenvalue weighted by Gasteiger charge is 2.56. The smallest absolute Gasteiger partial charge is 0.229 e. The predicted octanol–water partition coefficient (Wildman–Crippen LogP) is -0.186. The van der Waals surface area contributed by atoms with Crippen LogP contribution in [0.2, 0.25) is 0 Å². The molecule has 1 amide bonds. The van der Waals surface area contributed by atoms with E-state index >= 15 is 0 Å². The average molecular weight is 192 g/mol. The lowest BCUT2D eigenvalue weighted by atomic mass is 10.2. The van der Waals surface area contributed by atoms with E-state index in [1.165, 1.54) is 0 Å². The highest BCUT2D eigenvalue weighted by atomic mass is 16.2. The molecule has 1 aromatic heterocycles. The van der Waals surface area contributed by atoms with Crippen molar-refractivity contribution in [1.82, 2.24) is 15.5 Å². The summed E-state index contributed by atoms with van der Waals surface area (Å²) in [5.41, 5.74) is 0. The number of anilines is 1. The third-order valence-electron chi connectivity index (χ3n) is 3.15. The average Bonchev–Trinajstić information content (AvgIpc) is 2.63. The van der Waals surface area contributed by atoms with Crippen LogP contribution in [0.15, 0.2) is 12.3 Å². The topological polar surface area (TPSA) is 69.8 Å². The van der Waals surface area contributed by atoms with Crippen molar-refractivity contribution in [1.29, 1.82) is 0 Å². The van der Waals surface area contributed by atoms with Crippen molar-refractivity contribution in [3.05, 3.63) is 12.3 Å². The molecule has 0 spiro atoms. The summed E-state index contributed by atoms with van der Waals surface area (Å²) in [6, 6.07) is 1.76. The van der Waals surface area contributed by atoms with E-state index in [0.717, 1.165) is 13.1 Å². The second kappa shape index (κ2) is 2.81. The molecule has 2 heterocycles. The molecule has 2 aliphatic rings. The number of carbonyl (C=O) groups is 1. The zero-order chi connectivity index (χ0) is 9.54. The Morgan fingerprint density at radius 1 is 1.50 bits per heavy atom. The Hall–Kier alpha value is -1.36. The molecule has 14 heavy (non-hydrogen) atoms. The normalized spacial score (nSPS) is 33.9. The van der Waals surface area contributed by atoms with Crippen LogP contribution < -0.4 is 10.6 Å². The third-order valence-corrected chi connectivity index (χ3v) is 3.15. The number of fused-ring (bicyclic) bond motifs is 1. The summed E-state index contributed by atoms with van der Waals surface area (Å²) in [7, 11) is 0. The van der Waals surface area contributed by atoms with E-state index in [1.807, 2.05) is 0 Å². The number of aromatic amines is 1. The molecule has 0 aromatic carbocycles. The van der Waals surface area contributed by atoms with Gasteiger partial charge in [-0.2, -0.15) is 5.10 Å². The number of hydrogen-bond acceptors (Lipinski definition) is 3. The molecule has 3 atom stereocenters. The molecule has 2 fully saturated rings. The van der Waals surface area contributed by atoms with E-state index < -0.39 is 0 Å². The molecule has 3 rings (SSSR count). The Bertz CT molecular complexity index is 338. The molecule has 1 saturated heterocycles. The second-order valence-corrected chi connectivity index (χ2v) is 3.97. The number of nitrogens with zero attached hydrogens (tertiary/aromatic N) is 1. The lowest BCUT2D eigenvalue weighted by Crippen LogP contribution is -2.23. The van der Waals surface area contributed by atoms with E-state index in [0.29, 0.717) is 17.7 Å². The summed E-state index contributed by atoms with van der Waals surface area (Å²) in [5, 5.41) is 12.6. The number of amides is 1. The maximum atomic E-state index is 11.7. The summed E-state index contributed by atoms with van der Waals surface area (Å²) in [6.07, 6.45) is 1.63. The highest BCUT2D eigenvalue weighted by molar-refractivity contribution is 5.94. The summed E-state index contributed by atoms with van der Waals surface area (Å²) in [5.74, 6) is 2.18. The van der Waals surface area contributed by atoms with Crippen LogP contribution >= 0.6 is 0 Å². The maximum absolute atomic E-state index is 11.7. The third kappa shape index (κ3) is 1.13. The fourth-order valence-corrected chi connectivity index (χ4v) is 2.35. The summed E-state index contributed by atoms with van der Waals surface area (Å²) in [4.78, 5) is 11.7. The quantitative estimate of drug-likeness (QED) is 0.608. The van der Waals surface area contributed by atoms with Crippen molar-refractivity contribution in [2.45, 2.75) is 0 Å². The number of hydrogen-bond donors (Lipinski definition) is 3. The van der Waals surface area contributed by atoms with Crippen molar-refractivity contribution in [3.63, 3.8) is 0 Å². The van der Waals surface area contributed by atoms with Gasteiger partial charge in [-0.05, 0) is 24.9 Å². The van der Waals surface area contributed by atoms with Gasteiger partial charge in [0.25, 0.3) is 0 Å². The lowest BCUT2D eigenvalue weighted by molar-refractivity contribution is -0.118. The standard InChI is InChI=1S/C9H12N4O/c14-9(12-7-1-2-11-13-7)8-5-3-10-4-6(5)8/h1-2,5-6,8,10H,3-4H2,(H2,11,12,13,14)/t5-,6+,8?. The molecule has 1 unspecified atom stereocenters. The van der Waals surface area contributed by atoms with Crippen molar-refractivity contribution in [2.75, 3.05) is 18.4 Å². The molecule has 5 nitrogen and oxygen atoms in total. The Morgan fingerprint density at radius 2 is 2.29 bits per heavy atom. The fourth-order valence-electron chi connectivity index (χ4n) is 2.35. The van der Waals surface area contributed by atoms with Crippen molar-refractivity contribution < 1.29 is 4.79 Å². The molecule has 3 N–H and O–H groups in total. The van der Waals surface area contributed by atoms with Crippen LogP contribution in [0, 0.1) is 17.8 Å². The predicted molar refractivity (Wildman–Crippen MR) is 50.6 cm³/mol. The molecule has 0 bridgehead atoms. The van der Waals surface area contributed by atoms with Gasteiger partial charge < -0.3 is 10.6 Å².